The predicted octanol–water partition coefficient (Wildman–Crippen LogP) is 2.79. The van der Waals surface area contributed by atoms with E-state index in [2.05, 4.69) is 29.0 Å². The number of amides is 2. The molecule has 2 atom stereocenters. The maximum atomic E-state index is 12.7. The van der Waals surface area contributed by atoms with E-state index in [1.807, 2.05) is 4.90 Å². The second-order valence-corrected chi connectivity index (χ2v) is 9.10. The molecule has 0 bridgehead atoms. The first-order valence-corrected chi connectivity index (χ1v) is 11.0. The minimum absolute atomic E-state index is 0.0123. The van der Waals surface area contributed by atoms with Gasteiger partial charge >= 0.3 is 0 Å². The maximum absolute atomic E-state index is 12.7. The zero-order valence-electron chi connectivity index (χ0n) is 17.6. The number of piperazine rings is 1. The highest BCUT2D eigenvalue weighted by Gasteiger charge is 2.27. The van der Waals surface area contributed by atoms with Crippen molar-refractivity contribution >= 4 is 29.1 Å². The summed E-state index contributed by atoms with van der Waals surface area (Å²) in [5.74, 6) is 1.47. The summed E-state index contributed by atoms with van der Waals surface area (Å²) < 4.78 is 0. The SMILES string of the molecule is CC1CC(C)CN(C(=O)CN2CCN(CCC(=O)Nc3ccc(Cl)cc3)CC2)C1. The van der Waals surface area contributed by atoms with Crippen LogP contribution < -0.4 is 5.32 Å². The van der Waals surface area contributed by atoms with Crippen molar-refractivity contribution in [1.29, 1.82) is 0 Å². The molecule has 7 heteroatoms. The maximum Gasteiger partial charge on any atom is 0.236 e. The van der Waals surface area contributed by atoms with Crippen molar-refractivity contribution in [2.45, 2.75) is 26.7 Å². The van der Waals surface area contributed by atoms with Crippen molar-refractivity contribution < 1.29 is 9.59 Å². The number of carbonyl (C=O) groups excluding carboxylic acids is 2. The van der Waals surface area contributed by atoms with Crippen LogP contribution in [0.4, 0.5) is 5.69 Å². The monoisotopic (exact) mass is 420 g/mol. The van der Waals surface area contributed by atoms with Crippen LogP contribution in [0, 0.1) is 11.8 Å². The Morgan fingerprint density at radius 3 is 2.21 bits per heavy atom. The van der Waals surface area contributed by atoms with Crippen molar-refractivity contribution in [3.05, 3.63) is 29.3 Å². The fraction of sp³-hybridized carbons (Fsp3) is 0.636. The summed E-state index contributed by atoms with van der Waals surface area (Å²) in [5.41, 5.74) is 0.768. The summed E-state index contributed by atoms with van der Waals surface area (Å²) in [6.45, 7) is 11.1. The van der Waals surface area contributed by atoms with Crippen molar-refractivity contribution in [2.75, 3.05) is 57.7 Å². The Kier molecular flexibility index (Phi) is 7.92. The number of likely N-dealkylation sites (tertiary alicyclic amines) is 1. The van der Waals surface area contributed by atoms with Gasteiger partial charge in [-0.1, -0.05) is 25.4 Å². The first-order chi connectivity index (χ1) is 13.9. The lowest BCUT2D eigenvalue weighted by atomic mass is 9.92. The van der Waals surface area contributed by atoms with Gasteiger partial charge < -0.3 is 15.1 Å². The van der Waals surface area contributed by atoms with Gasteiger partial charge in [-0.3, -0.25) is 14.5 Å². The third-order valence-electron chi connectivity index (χ3n) is 5.83. The van der Waals surface area contributed by atoms with Gasteiger partial charge in [0.1, 0.15) is 0 Å². The van der Waals surface area contributed by atoms with Crippen LogP contribution in [0.25, 0.3) is 0 Å². The first kappa shape index (κ1) is 22.1. The molecule has 2 heterocycles. The van der Waals surface area contributed by atoms with E-state index in [4.69, 9.17) is 11.6 Å². The molecule has 160 valence electrons. The summed E-state index contributed by atoms with van der Waals surface area (Å²) >= 11 is 5.86. The largest absolute Gasteiger partial charge is 0.341 e. The molecule has 2 amide bonds. The summed E-state index contributed by atoms with van der Waals surface area (Å²) in [5, 5.41) is 3.56. The van der Waals surface area contributed by atoms with Gasteiger partial charge in [0, 0.05) is 62.9 Å². The van der Waals surface area contributed by atoms with Crippen LogP contribution in [0.2, 0.25) is 5.02 Å². The number of nitrogens with zero attached hydrogens (tertiary/aromatic N) is 3. The second kappa shape index (κ2) is 10.4. The van der Waals surface area contributed by atoms with E-state index in [1.54, 1.807) is 24.3 Å². The molecular weight excluding hydrogens is 388 g/mol. The Morgan fingerprint density at radius 2 is 1.59 bits per heavy atom. The number of carbonyl (C=O) groups is 2. The molecule has 2 fully saturated rings. The lowest BCUT2D eigenvalue weighted by molar-refractivity contribution is -0.135. The topological polar surface area (TPSA) is 55.9 Å². The number of hydrogen-bond donors (Lipinski definition) is 1. The van der Waals surface area contributed by atoms with E-state index < -0.39 is 0 Å². The molecule has 2 saturated heterocycles. The number of nitrogens with one attached hydrogen (secondary N) is 1. The molecule has 3 rings (SSSR count). The minimum Gasteiger partial charge on any atom is -0.341 e. The summed E-state index contributed by atoms with van der Waals surface area (Å²) in [7, 11) is 0. The summed E-state index contributed by atoms with van der Waals surface area (Å²) in [4.78, 5) is 31.4. The number of piperidine rings is 1. The predicted molar refractivity (Wildman–Crippen MR) is 117 cm³/mol. The molecule has 29 heavy (non-hydrogen) atoms. The van der Waals surface area contributed by atoms with Crippen molar-refractivity contribution in [3.8, 4) is 0 Å². The van der Waals surface area contributed by atoms with E-state index in [0.29, 0.717) is 29.8 Å². The molecule has 1 N–H and O–H groups in total. The number of benzene rings is 1. The Balaban J connectivity index is 1.34. The molecule has 2 aliphatic rings. The normalized spacial score (nSPS) is 23.8. The number of hydrogen-bond acceptors (Lipinski definition) is 4. The number of rotatable bonds is 6. The minimum atomic E-state index is 0.0123. The van der Waals surface area contributed by atoms with Crippen LogP contribution in [0.3, 0.4) is 0 Å². The Labute approximate surface area is 179 Å². The Hall–Kier alpha value is -1.63. The van der Waals surface area contributed by atoms with Crippen LogP contribution in [-0.4, -0.2) is 78.9 Å². The average Bonchev–Trinajstić information content (AvgIpc) is 2.68. The van der Waals surface area contributed by atoms with Crippen LogP contribution in [0.15, 0.2) is 24.3 Å². The molecule has 0 aliphatic carbocycles. The van der Waals surface area contributed by atoms with Crippen molar-refractivity contribution in [3.63, 3.8) is 0 Å². The van der Waals surface area contributed by atoms with Gasteiger partial charge in [-0.05, 0) is 42.5 Å². The van der Waals surface area contributed by atoms with E-state index in [0.717, 1.165) is 51.5 Å². The molecule has 1 aromatic carbocycles. The lowest BCUT2D eigenvalue weighted by Gasteiger charge is -2.38. The second-order valence-electron chi connectivity index (χ2n) is 8.67. The van der Waals surface area contributed by atoms with E-state index >= 15 is 0 Å². The summed E-state index contributed by atoms with van der Waals surface area (Å²) in [6, 6.07) is 7.14. The molecule has 0 radical (unpaired) electrons. The average molecular weight is 421 g/mol. The van der Waals surface area contributed by atoms with Gasteiger partial charge in [-0.2, -0.15) is 0 Å². The lowest BCUT2D eigenvalue weighted by Crippen LogP contribution is -2.52. The highest BCUT2D eigenvalue weighted by molar-refractivity contribution is 6.30. The smallest absolute Gasteiger partial charge is 0.236 e. The van der Waals surface area contributed by atoms with E-state index in [-0.39, 0.29) is 11.8 Å². The van der Waals surface area contributed by atoms with Gasteiger partial charge in [0.25, 0.3) is 0 Å². The van der Waals surface area contributed by atoms with Gasteiger partial charge in [0.2, 0.25) is 11.8 Å². The zero-order chi connectivity index (χ0) is 20.8. The fourth-order valence-electron chi connectivity index (χ4n) is 4.35. The van der Waals surface area contributed by atoms with Crippen LogP contribution in [0.1, 0.15) is 26.7 Å². The molecule has 2 unspecified atom stereocenters. The van der Waals surface area contributed by atoms with Gasteiger partial charge in [0.05, 0.1) is 6.54 Å². The first-order valence-electron chi connectivity index (χ1n) is 10.7. The van der Waals surface area contributed by atoms with Gasteiger partial charge in [0.15, 0.2) is 0 Å². The molecule has 1 aromatic rings. The molecular formula is C22H33ClN4O2. The molecule has 0 spiro atoms. The number of halogens is 1. The Morgan fingerprint density at radius 1 is 1.00 bits per heavy atom. The van der Waals surface area contributed by atoms with E-state index in [1.165, 1.54) is 6.42 Å². The Bertz CT molecular complexity index is 679. The fourth-order valence-corrected chi connectivity index (χ4v) is 4.47. The van der Waals surface area contributed by atoms with Crippen molar-refractivity contribution in [2.24, 2.45) is 11.8 Å². The number of anilines is 1. The van der Waals surface area contributed by atoms with Crippen LogP contribution >= 0.6 is 11.6 Å². The highest BCUT2D eigenvalue weighted by Crippen LogP contribution is 2.21. The summed E-state index contributed by atoms with van der Waals surface area (Å²) in [6.07, 6.45) is 1.68. The molecule has 0 aromatic heterocycles. The molecule has 2 aliphatic heterocycles. The quantitative estimate of drug-likeness (QED) is 0.768. The van der Waals surface area contributed by atoms with E-state index in [9.17, 15) is 9.59 Å². The highest BCUT2D eigenvalue weighted by atomic mass is 35.5. The third kappa shape index (κ3) is 6.98. The van der Waals surface area contributed by atoms with Gasteiger partial charge in [-0.25, -0.2) is 0 Å². The van der Waals surface area contributed by atoms with Crippen LogP contribution in [0.5, 0.6) is 0 Å². The zero-order valence-corrected chi connectivity index (χ0v) is 18.3. The van der Waals surface area contributed by atoms with Crippen LogP contribution in [-0.2, 0) is 9.59 Å². The standard InChI is InChI=1S/C22H33ClN4O2/c1-17-13-18(2)15-27(14-17)22(29)16-26-11-9-25(10-12-26)8-7-21(28)24-20-5-3-19(23)4-6-20/h3-6,17-18H,7-16H2,1-2H3,(H,24,28). The third-order valence-corrected chi connectivity index (χ3v) is 6.08. The molecule has 0 saturated carbocycles. The van der Waals surface area contributed by atoms with Gasteiger partial charge in [-0.15, -0.1) is 0 Å². The molecule has 6 nitrogen and oxygen atoms in total. The van der Waals surface area contributed by atoms with Crippen molar-refractivity contribution in [1.82, 2.24) is 14.7 Å².